The van der Waals surface area contributed by atoms with E-state index in [4.69, 9.17) is 14.6 Å². The molecule has 0 fully saturated rings. The van der Waals surface area contributed by atoms with Gasteiger partial charge in [0.2, 0.25) is 0 Å². The highest BCUT2D eigenvalue weighted by Gasteiger charge is 2.36. The molecule has 1 aliphatic rings. The Bertz CT molecular complexity index is 759. The minimum absolute atomic E-state index is 0.0418. The van der Waals surface area contributed by atoms with Crippen LogP contribution in [0.3, 0.4) is 0 Å². The minimum Gasteiger partial charge on any atom is -0.497 e. The van der Waals surface area contributed by atoms with Gasteiger partial charge in [-0.25, -0.2) is 9.59 Å². The van der Waals surface area contributed by atoms with E-state index in [2.05, 4.69) is 4.40 Å². The van der Waals surface area contributed by atoms with Crippen LogP contribution in [0.1, 0.15) is 0 Å². The number of carboxylic acids is 1. The molecule has 1 heterocycles. The monoisotopic (exact) mass is 311 g/mol. The third kappa shape index (κ3) is 2.92. The standard InChI is InChI=1S/C12H9NO7S/c1-19-7-2-4-8(5-3-7)20-12(16)10-9(11(14)15)6-13-21(10,17)18/h2-6H,1H3,(H,14,15). The molecular formula is C12H9NO7S. The number of esters is 1. The van der Waals surface area contributed by atoms with Crippen molar-refractivity contribution < 1.29 is 32.6 Å². The lowest BCUT2D eigenvalue weighted by Gasteiger charge is -2.06. The molecule has 1 aliphatic heterocycles. The molecule has 0 atom stereocenters. The molecular weight excluding hydrogens is 302 g/mol. The van der Waals surface area contributed by atoms with E-state index < -0.39 is 32.4 Å². The Morgan fingerprint density at radius 1 is 1.14 bits per heavy atom. The number of carboxylic acid groups (broad SMARTS) is 1. The number of benzene rings is 1. The van der Waals surface area contributed by atoms with Gasteiger partial charge in [-0.3, -0.25) is 0 Å². The van der Waals surface area contributed by atoms with Gasteiger partial charge in [-0.2, -0.15) is 12.8 Å². The van der Waals surface area contributed by atoms with E-state index in [1.54, 1.807) is 0 Å². The molecule has 0 aromatic heterocycles. The minimum atomic E-state index is -4.34. The zero-order valence-electron chi connectivity index (χ0n) is 10.6. The van der Waals surface area contributed by atoms with Crippen molar-refractivity contribution in [1.29, 1.82) is 0 Å². The van der Waals surface area contributed by atoms with Gasteiger partial charge in [0.05, 0.1) is 13.3 Å². The van der Waals surface area contributed by atoms with Crippen molar-refractivity contribution >= 4 is 28.2 Å². The van der Waals surface area contributed by atoms with Gasteiger partial charge in [-0.15, -0.1) is 0 Å². The molecule has 110 valence electrons. The summed E-state index contributed by atoms with van der Waals surface area (Å²) in [6.45, 7) is 0. The quantitative estimate of drug-likeness (QED) is 0.629. The molecule has 1 aromatic rings. The van der Waals surface area contributed by atoms with E-state index in [0.717, 1.165) is 0 Å². The molecule has 0 unspecified atom stereocenters. The van der Waals surface area contributed by atoms with E-state index in [-0.39, 0.29) is 5.75 Å². The summed E-state index contributed by atoms with van der Waals surface area (Å²) < 4.78 is 35.9. The third-order valence-electron chi connectivity index (χ3n) is 2.51. The van der Waals surface area contributed by atoms with E-state index in [1.807, 2.05) is 0 Å². The molecule has 9 heteroatoms. The second-order valence-electron chi connectivity index (χ2n) is 3.82. The fourth-order valence-corrected chi connectivity index (χ4v) is 2.56. The van der Waals surface area contributed by atoms with Crippen molar-refractivity contribution in [2.45, 2.75) is 0 Å². The number of sulfonamides is 1. The average Bonchev–Trinajstić information content (AvgIpc) is 2.75. The highest BCUT2D eigenvalue weighted by atomic mass is 32.2. The Morgan fingerprint density at radius 3 is 2.24 bits per heavy atom. The lowest BCUT2D eigenvalue weighted by Crippen LogP contribution is -2.19. The van der Waals surface area contributed by atoms with Gasteiger partial charge in [0, 0.05) is 0 Å². The van der Waals surface area contributed by atoms with Crippen molar-refractivity contribution in [3.8, 4) is 11.5 Å². The summed E-state index contributed by atoms with van der Waals surface area (Å²) in [6.07, 6.45) is 0.599. The fraction of sp³-hybridized carbons (Fsp3) is 0.0833. The number of aliphatic carboxylic acids is 1. The van der Waals surface area contributed by atoms with Crippen LogP contribution in [0, 0.1) is 0 Å². The second kappa shape index (κ2) is 5.37. The first-order chi connectivity index (χ1) is 9.85. The molecule has 21 heavy (non-hydrogen) atoms. The fourth-order valence-electron chi connectivity index (χ4n) is 1.54. The van der Waals surface area contributed by atoms with Gasteiger partial charge in [-0.1, -0.05) is 0 Å². The van der Waals surface area contributed by atoms with Gasteiger partial charge in [0.15, 0.2) is 4.91 Å². The first-order valence-corrected chi connectivity index (χ1v) is 6.93. The van der Waals surface area contributed by atoms with Gasteiger partial charge in [0.25, 0.3) is 10.0 Å². The van der Waals surface area contributed by atoms with Gasteiger partial charge < -0.3 is 14.6 Å². The predicted molar refractivity (Wildman–Crippen MR) is 70.7 cm³/mol. The van der Waals surface area contributed by atoms with Crippen LogP contribution >= 0.6 is 0 Å². The van der Waals surface area contributed by atoms with Gasteiger partial charge in [0.1, 0.15) is 17.1 Å². The number of hydrogen-bond donors (Lipinski definition) is 1. The van der Waals surface area contributed by atoms with Gasteiger partial charge in [-0.05, 0) is 24.3 Å². The molecule has 0 saturated heterocycles. The smallest absolute Gasteiger partial charge is 0.358 e. The maximum atomic E-state index is 11.9. The molecule has 2 rings (SSSR count). The number of nitrogens with zero attached hydrogens (tertiary/aromatic N) is 1. The average molecular weight is 311 g/mol. The highest BCUT2D eigenvalue weighted by molar-refractivity contribution is 7.95. The van der Waals surface area contributed by atoms with Crippen LogP contribution in [0.4, 0.5) is 0 Å². The summed E-state index contributed by atoms with van der Waals surface area (Å²) in [4.78, 5) is 21.8. The first-order valence-electron chi connectivity index (χ1n) is 5.49. The van der Waals surface area contributed by atoms with Crippen molar-refractivity contribution in [2.75, 3.05) is 7.11 Å². The van der Waals surface area contributed by atoms with E-state index in [1.165, 1.54) is 31.4 Å². The molecule has 0 spiro atoms. The Labute approximate surface area is 119 Å². The topological polar surface area (TPSA) is 119 Å². The van der Waals surface area contributed by atoms with Crippen LogP contribution in [0.2, 0.25) is 0 Å². The lowest BCUT2D eigenvalue weighted by atomic mass is 10.2. The van der Waals surface area contributed by atoms with Crippen LogP contribution in [0.25, 0.3) is 0 Å². The molecule has 1 aromatic carbocycles. The predicted octanol–water partition coefficient (Wildman–Crippen LogP) is 0.353. The molecule has 8 nitrogen and oxygen atoms in total. The SMILES string of the molecule is COc1ccc(OC(=O)C2=C(C(=O)O)C=NS2(=O)=O)cc1. The van der Waals surface area contributed by atoms with E-state index in [0.29, 0.717) is 12.0 Å². The number of ether oxygens (including phenoxy) is 2. The number of carbonyl (C=O) groups is 2. The summed E-state index contributed by atoms with van der Waals surface area (Å²) in [5.41, 5.74) is -0.728. The number of hydrogen-bond acceptors (Lipinski definition) is 6. The van der Waals surface area contributed by atoms with E-state index in [9.17, 15) is 18.0 Å². The Morgan fingerprint density at radius 2 is 1.71 bits per heavy atom. The summed E-state index contributed by atoms with van der Waals surface area (Å²) in [5.74, 6) is -2.34. The molecule has 0 saturated carbocycles. The zero-order valence-corrected chi connectivity index (χ0v) is 11.5. The maximum absolute atomic E-state index is 11.9. The zero-order chi connectivity index (χ0) is 15.6. The van der Waals surface area contributed by atoms with Crippen LogP contribution in [-0.2, 0) is 19.6 Å². The Hall–Kier alpha value is -2.68. The third-order valence-corrected chi connectivity index (χ3v) is 3.79. The van der Waals surface area contributed by atoms with Crippen molar-refractivity contribution in [3.63, 3.8) is 0 Å². The summed E-state index contributed by atoms with van der Waals surface area (Å²) >= 11 is 0. The van der Waals surface area contributed by atoms with Crippen molar-refractivity contribution in [1.82, 2.24) is 0 Å². The van der Waals surface area contributed by atoms with Crippen LogP contribution in [-0.4, -0.2) is 38.8 Å². The molecule has 0 radical (unpaired) electrons. The number of carbonyl (C=O) groups excluding carboxylic acids is 1. The van der Waals surface area contributed by atoms with E-state index >= 15 is 0 Å². The summed E-state index contributed by atoms with van der Waals surface area (Å²) in [5, 5.41) is 8.86. The van der Waals surface area contributed by atoms with Crippen LogP contribution in [0.15, 0.2) is 39.1 Å². The Balaban J connectivity index is 2.30. The van der Waals surface area contributed by atoms with Crippen LogP contribution in [0.5, 0.6) is 11.5 Å². The summed E-state index contributed by atoms with van der Waals surface area (Å²) in [6, 6.07) is 5.74. The largest absolute Gasteiger partial charge is 0.497 e. The molecule has 0 amide bonds. The maximum Gasteiger partial charge on any atom is 0.358 e. The van der Waals surface area contributed by atoms with Gasteiger partial charge >= 0.3 is 11.9 Å². The number of rotatable bonds is 4. The lowest BCUT2D eigenvalue weighted by molar-refractivity contribution is -0.133. The first kappa shape index (κ1) is 14.7. The molecule has 0 bridgehead atoms. The summed E-state index contributed by atoms with van der Waals surface area (Å²) in [7, 11) is -2.89. The van der Waals surface area contributed by atoms with Crippen molar-refractivity contribution in [3.05, 3.63) is 34.7 Å². The normalized spacial score (nSPS) is 15.9. The Kier molecular flexibility index (Phi) is 3.76. The second-order valence-corrected chi connectivity index (χ2v) is 5.39. The number of methoxy groups -OCH3 is 1. The van der Waals surface area contributed by atoms with Crippen molar-refractivity contribution in [2.24, 2.45) is 4.40 Å². The van der Waals surface area contributed by atoms with Crippen LogP contribution < -0.4 is 9.47 Å². The molecule has 1 N–H and O–H groups in total. The highest BCUT2D eigenvalue weighted by Crippen LogP contribution is 2.24. The molecule has 0 aliphatic carbocycles.